The number of sulfonamides is 1. The van der Waals surface area contributed by atoms with Gasteiger partial charge in [0, 0.05) is 25.1 Å². The minimum atomic E-state index is -3.34. The van der Waals surface area contributed by atoms with Crippen LogP contribution in [0, 0.1) is 0 Å². The minimum absolute atomic E-state index is 0.0280. The fourth-order valence-corrected chi connectivity index (χ4v) is 5.63. The molecule has 2 aromatic heterocycles. The van der Waals surface area contributed by atoms with Gasteiger partial charge in [0.05, 0.1) is 23.5 Å². The maximum Gasteiger partial charge on any atom is 0.234 e. The molecule has 33 heavy (non-hydrogen) atoms. The number of Topliss-reactive ketones (excluding diaryl/α,β-unsaturated/α-hetero) is 1. The lowest BCUT2D eigenvalue weighted by Gasteiger charge is -2.18. The molecule has 0 saturated heterocycles. The van der Waals surface area contributed by atoms with Gasteiger partial charge in [-0.25, -0.2) is 8.42 Å². The molecule has 1 amide bonds. The number of primary amides is 1. The topological polar surface area (TPSA) is 141 Å². The summed E-state index contributed by atoms with van der Waals surface area (Å²) in [6, 6.07) is 8.56. The van der Waals surface area contributed by atoms with Crippen LogP contribution in [0.2, 0.25) is 0 Å². The lowest BCUT2D eigenvalue weighted by molar-refractivity contribution is -0.118. The van der Waals surface area contributed by atoms with Crippen molar-refractivity contribution in [2.75, 3.05) is 22.4 Å². The fourth-order valence-electron chi connectivity index (χ4n) is 3.61. The predicted molar refractivity (Wildman–Crippen MR) is 124 cm³/mol. The lowest BCUT2D eigenvalue weighted by Crippen LogP contribution is -2.30. The average Bonchev–Trinajstić information content (AvgIpc) is 3.54. The van der Waals surface area contributed by atoms with Crippen LogP contribution in [0.4, 0.5) is 5.69 Å². The number of rotatable bonds is 10. The zero-order valence-corrected chi connectivity index (χ0v) is 19.6. The lowest BCUT2D eigenvalue weighted by atomic mass is 10.1. The van der Waals surface area contributed by atoms with Gasteiger partial charge >= 0.3 is 0 Å². The van der Waals surface area contributed by atoms with Gasteiger partial charge in [-0.15, -0.1) is 10.2 Å². The third-order valence-electron chi connectivity index (χ3n) is 5.33. The van der Waals surface area contributed by atoms with Crippen LogP contribution < -0.4 is 10.0 Å². The van der Waals surface area contributed by atoms with Crippen molar-refractivity contribution >= 4 is 39.2 Å². The van der Waals surface area contributed by atoms with Crippen LogP contribution in [0.1, 0.15) is 29.3 Å². The van der Waals surface area contributed by atoms with E-state index in [4.69, 9.17) is 10.2 Å². The van der Waals surface area contributed by atoms with E-state index in [-0.39, 0.29) is 30.3 Å². The number of benzene rings is 1. The van der Waals surface area contributed by atoms with E-state index in [1.54, 1.807) is 41.8 Å². The van der Waals surface area contributed by atoms with Gasteiger partial charge in [0.15, 0.2) is 22.5 Å². The van der Waals surface area contributed by atoms with E-state index in [0.717, 1.165) is 5.56 Å². The molecule has 2 N–H and O–H groups in total. The van der Waals surface area contributed by atoms with Crippen LogP contribution >= 0.6 is 11.8 Å². The molecular weight excluding hydrogens is 466 g/mol. The fraction of sp³-hybridized carbons (Fsp3) is 0.333. The molecule has 0 fully saturated rings. The molecule has 4 rings (SSSR count). The molecular formula is C21H23N5O5S2. The first-order valence-corrected chi connectivity index (χ1v) is 12.9. The van der Waals surface area contributed by atoms with Gasteiger partial charge in [-0.1, -0.05) is 11.8 Å². The molecule has 0 aliphatic carbocycles. The second-order valence-corrected chi connectivity index (χ2v) is 10.6. The monoisotopic (exact) mass is 489 g/mol. The predicted octanol–water partition coefficient (Wildman–Crippen LogP) is 2.10. The highest BCUT2D eigenvalue weighted by Gasteiger charge is 2.28. The summed E-state index contributed by atoms with van der Waals surface area (Å²) in [7, 11) is -3.34. The van der Waals surface area contributed by atoms with Gasteiger partial charge in [0.25, 0.3) is 0 Å². The maximum absolute atomic E-state index is 12.9. The number of amides is 1. The molecule has 1 aromatic carbocycles. The smallest absolute Gasteiger partial charge is 0.234 e. The number of anilines is 1. The van der Waals surface area contributed by atoms with Crippen molar-refractivity contribution in [3.8, 4) is 11.6 Å². The zero-order valence-electron chi connectivity index (χ0n) is 17.9. The number of ketones is 1. The number of fused-ring (bicyclic) bond motifs is 1. The van der Waals surface area contributed by atoms with E-state index >= 15 is 0 Å². The molecule has 0 bridgehead atoms. The van der Waals surface area contributed by atoms with E-state index in [1.165, 1.54) is 22.3 Å². The number of nitrogens with two attached hydrogens (primary N) is 1. The largest absolute Gasteiger partial charge is 0.461 e. The summed E-state index contributed by atoms with van der Waals surface area (Å²) < 4.78 is 33.0. The number of aromatic nitrogens is 3. The van der Waals surface area contributed by atoms with Crippen LogP contribution in [0.3, 0.4) is 0 Å². The van der Waals surface area contributed by atoms with E-state index in [1.807, 2.05) is 0 Å². The Morgan fingerprint density at radius 3 is 2.76 bits per heavy atom. The molecule has 3 aromatic rings. The third kappa shape index (κ3) is 4.81. The van der Waals surface area contributed by atoms with E-state index < -0.39 is 15.9 Å². The number of hydrogen-bond donors (Lipinski definition) is 1. The molecule has 0 radical (unpaired) electrons. The first-order chi connectivity index (χ1) is 15.8. The minimum Gasteiger partial charge on any atom is -0.461 e. The van der Waals surface area contributed by atoms with Crippen molar-refractivity contribution in [1.82, 2.24) is 14.8 Å². The van der Waals surface area contributed by atoms with Gasteiger partial charge in [0.1, 0.15) is 0 Å². The molecule has 0 atom stereocenters. The number of carbonyl (C=O) groups is 2. The van der Waals surface area contributed by atoms with Crippen LogP contribution in [-0.2, 0) is 27.8 Å². The van der Waals surface area contributed by atoms with Crippen LogP contribution in [0.15, 0.2) is 46.2 Å². The van der Waals surface area contributed by atoms with Gasteiger partial charge in [-0.2, -0.15) is 0 Å². The summed E-state index contributed by atoms with van der Waals surface area (Å²) in [4.78, 5) is 24.2. The SMILES string of the molecule is CCS(=O)(=O)N1CCc2cc(C(=O)CSc3nnc(-c4ccco4)n3CCC(N)=O)ccc21. The van der Waals surface area contributed by atoms with Crippen molar-refractivity contribution in [3.63, 3.8) is 0 Å². The Morgan fingerprint density at radius 2 is 2.06 bits per heavy atom. The van der Waals surface area contributed by atoms with E-state index in [0.29, 0.717) is 41.0 Å². The van der Waals surface area contributed by atoms with Crippen molar-refractivity contribution in [2.24, 2.45) is 5.73 Å². The molecule has 1 aliphatic rings. The highest BCUT2D eigenvalue weighted by atomic mass is 32.2. The summed E-state index contributed by atoms with van der Waals surface area (Å²) in [6.45, 7) is 2.26. The number of carbonyl (C=O) groups excluding carboxylic acids is 2. The van der Waals surface area contributed by atoms with Crippen molar-refractivity contribution in [3.05, 3.63) is 47.7 Å². The van der Waals surface area contributed by atoms with Gasteiger partial charge < -0.3 is 10.2 Å². The Kier molecular flexibility index (Phi) is 6.56. The Hall–Kier alpha value is -3.12. The van der Waals surface area contributed by atoms with Gasteiger partial charge in [-0.05, 0) is 49.2 Å². The molecule has 3 heterocycles. The standard InChI is InChI=1S/C21H23N5O5S2/c1-2-33(29,30)26-10-7-14-12-15(5-6-16(14)26)17(27)13-32-21-24-23-20(18-4-3-11-31-18)25(21)9-8-19(22)28/h3-6,11-12H,2,7-10,13H2,1H3,(H2,22,28). The molecule has 10 nitrogen and oxygen atoms in total. The molecule has 1 aliphatic heterocycles. The second-order valence-electron chi connectivity index (χ2n) is 7.43. The zero-order chi connectivity index (χ0) is 23.6. The molecule has 174 valence electrons. The number of hydrogen-bond acceptors (Lipinski definition) is 8. The first kappa shape index (κ1) is 23.1. The van der Waals surface area contributed by atoms with Crippen LogP contribution in [-0.4, -0.2) is 52.9 Å². The highest BCUT2D eigenvalue weighted by molar-refractivity contribution is 7.99. The van der Waals surface area contributed by atoms with Crippen molar-refractivity contribution in [2.45, 2.75) is 31.5 Å². The first-order valence-electron chi connectivity index (χ1n) is 10.3. The number of furan rings is 1. The van der Waals surface area contributed by atoms with Gasteiger partial charge in [0.2, 0.25) is 15.9 Å². The summed E-state index contributed by atoms with van der Waals surface area (Å²) in [5.41, 5.74) is 7.28. The van der Waals surface area contributed by atoms with E-state index in [2.05, 4.69) is 10.2 Å². The van der Waals surface area contributed by atoms with Crippen molar-refractivity contribution in [1.29, 1.82) is 0 Å². The van der Waals surface area contributed by atoms with Crippen LogP contribution in [0.5, 0.6) is 0 Å². The van der Waals surface area contributed by atoms with E-state index in [9.17, 15) is 18.0 Å². The summed E-state index contributed by atoms with van der Waals surface area (Å²) in [6.07, 6.45) is 2.17. The normalized spacial score (nSPS) is 13.3. The van der Waals surface area contributed by atoms with Crippen molar-refractivity contribution < 1.29 is 22.4 Å². The number of nitrogens with zero attached hydrogens (tertiary/aromatic N) is 4. The highest BCUT2D eigenvalue weighted by Crippen LogP contribution is 2.32. The van der Waals surface area contributed by atoms with Crippen LogP contribution in [0.25, 0.3) is 11.6 Å². The molecule has 0 saturated carbocycles. The summed E-state index contributed by atoms with van der Waals surface area (Å²) in [5, 5.41) is 8.77. The molecule has 0 unspecified atom stereocenters. The Balaban J connectivity index is 1.50. The third-order valence-corrected chi connectivity index (χ3v) is 8.07. The molecule has 12 heteroatoms. The molecule has 0 spiro atoms. The second kappa shape index (κ2) is 9.40. The Morgan fingerprint density at radius 1 is 1.24 bits per heavy atom. The number of thioether (sulfide) groups is 1. The maximum atomic E-state index is 12.9. The quantitative estimate of drug-likeness (QED) is 0.337. The summed E-state index contributed by atoms with van der Waals surface area (Å²) in [5.74, 6) is 0.492. The van der Waals surface area contributed by atoms with Gasteiger partial charge in [-0.3, -0.25) is 18.5 Å². The summed E-state index contributed by atoms with van der Waals surface area (Å²) >= 11 is 1.20. The average molecular weight is 490 g/mol. The Labute approximate surface area is 195 Å². The Bertz CT molecular complexity index is 1280.